The van der Waals surface area contributed by atoms with Gasteiger partial charge in [0.1, 0.15) is 0 Å². The van der Waals surface area contributed by atoms with E-state index in [1.54, 1.807) is 0 Å². The highest BCUT2D eigenvalue weighted by atomic mass is 79.9. The Hall–Kier alpha value is -2.68. The molecule has 2 N–H and O–H groups in total. The molecule has 0 aliphatic heterocycles. The van der Waals surface area contributed by atoms with Crippen LogP contribution in [-0.2, 0) is 13.1 Å². The van der Waals surface area contributed by atoms with Gasteiger partial charge in [0, 0.05) is 11.2 Å². The highest BCUT2D eigenvalue weighted by Crippen LogP contribution is 2.24. The first-order valence-electron chi connectivity index (χ1n) is 10.4. The van der Waals surface area contributed by atoms with E-state index in [2.05, 4.69) is 56.8 Å². The van der Waals surface area contributed by atoms with Crippen molar-refractivity contribution in [1.82, 2.24) is 19.6 Å². The van der Waals surface area contributed by atoms with E-state index in [0.717, 1.165) is 27.1 Å². The van der Waals surface area contributed by atoms with E-state index in [4.69, 9.17) is 28.9 Å². The number of hydrogen-bond acceptors (Lipinski definition) is 3. The van der Waals surface area contributed by atoms with E-state index in [0.29, 0.717) is 29.0 Å². The highest BCUT2D eigenvalue weighted by molar-refractivity contribution is 9.10. The van der Waals surface area contributed by atoms with Gasteiger partial charge in [0.25, 0.3) is 0 Å². The van der Waals surface area contributed by atoms with E-state index >= 15 is 0 Å². The largest absolute Gasteiger partial charge is 0.329 e. The second-order valence-electron chi connectivity index (χ2n) is 7.86. The van der Waals surface area contributed by atoms with Crippen LogP contribution in [0.2, 0.25) is 5.02 Å². The van der Waals surface area contributed by atoms with Gasteiger partial charge in [0.15, 0.2) is 10.9 Å². The summed E-state index contributed by atoms with van der Waals surface area (Å²) >= 11 is 15.1. The molecule has 0 bridgehead atoms. The Morgan fingerprint density at radius 3 is 2.45 bits per heavy atom. The van der Waals surface area contributed by atoms with Crippen LogP contribution in [0.1, 0.15) is 28.1 Å². The molecule has 4 aromatic rings. The lowest BCUT2D eigenvalue weighted by Crippen LogP contribution is -2.20. The van der Waals surface area contributed by atoms with Crippen molar-refractivity contribution in [3.63, 3.8) is 0 Å². The molecule has 2 aromatic heterocycles. The van der Waals surface area contributed by atoms with E-state index in [-0.39, 0.29) is 0 Å². The molecule has 170 valence electrons. The Balaban J connectivity index is 1.44. The van der Waals surface area contributed by atoms with Crippen LogP contribution in [0.5, 0.6) is 0 Å². The van der Waals surface area contributed by atoms with Gasteiger partial charge in [-0.05, 0) is 77.7 Å². The topological polar surface area (TPSA) is 59.7 Å². The van der Waals surface area contributed by atoms with E-state index < -0.39 is 0 Å². The number of anilines is 2. The van der Waals surface area contributed by atoms with Crippen molar-refractivity contribution < 1.29 is 0 Å². The maximum atomic E-state index is 5.97. The van der Waals surface area contributed by atoms with E-state index in [1.165, 1.54) is 11.1 Å². The standard InChI is InChI=1S/C24H24BrClN6S/c1-15-6-4-5-7-19(15)13-32-17(3)22(16(2)29-32)27-24(33)28-23-21(25)14-31(30-23)12-18-8-10-20(26)11-9-18/h4-11,14H,12-13H2,1-3H3,(H2,27,28,30,33). The molecule has 4 rings (SSSR count). The number of nitrogens with one attached hydrogen (secondary N) is 2. The first-order valence-corrected chi connectivity index (χ1v) is 12.0. The fraction of sp³-hybridized carbons (Fsp3) is 0.208. The number of halogens is 2. The van der Waals surface area contributed by atoms with Crippen LogP contribution in [0.25, 0.3) is 0 Å². The summed E-state index contributed by atoms with van der Waals surface area (Å²) in [5.74, 6) is 0.643. The van der Waals surface area contributed by atoms with Gasteiger partial charge in [-0.3, -0.25) is 9.36 Å². The molecule has 0 saturated heterocycles. The third kappa shape index (κ3) is 5.63. The number of hydrogen-bond donors (Lipinski definition) is 2. The van der Waals surface area contributed by atoms with Crippen molar-refractivity contribution in [2.45, 2.75) is 33.9 Å². The second kappa shape index (κ2) is 10.1. The fourth-order valence-electron chi connectivity index (χ4n) is 3.57. The quantitative estimate of drug-likeness (QED) is 0.278. The molecule has 6 nitrogen and oxygen atoms in total. The Kier molecular flexibility index (Phi) is 7.17. The van der Waals surface area contributed by atoms with Gasteiger partial charge < -0.3 is 10.6 Å². The lowest BCUT2D eigenvalue weighted by molar-refractivity contribution is 0.657. The van der Waals surface area contributed by atoms with Gasteiger partial charge in [0.05, 0.1) is 34.6 Å². The summed E-state index contributed by atoms with van der Waals surface area (Å²) < 4.78 is 4.67. The lowest BCUT2D eigenvalue weighted by Gasteiger charge is -2.11. The maximum absolute atomic E-state index is 5.97. The van der Waals surface area contributed by atoms with E-state index in [1.807, 2.05) is 59.7 Å². The predicted molar refractivity (Wildman–Crippen MR) is 142 cm³/mol. The van der Waals surface area contributed by atoms with Crippen LogP contribution in [0.3, 0.4) is 0 Å². The molecule has 0 saturated carbocycles. The minimum atomic E-state index is 0.453. The van der Waals surface area contributed by atoms with Crippen molar-refractivity contribution in [3.05, 3.63) is 92.3 Å². The van der Waals surface area contributed by atoms with Crippen LogP contribution in [0.4, 0.5) is 11.5 Å². The zero-order valence-electron chi connectivity index (χ0n) is 18.6. The molecule has 2 heterocycles. The number of rotatable bonds is 6. The number of thiocarbonyl (C=S) groups is 1. The van der Waals surface area contributed by atoms with Crippen molar-refractivity contribution in [2.75, 3.05) is 10.6 Å². The van der Waals surface area contributed by atoms with Crippen molar-refractivity contribution in [1.29, 1.82) is 0 Å². The fourth-order valence-corrected chi connectivity index (χ4v) is 4.31. The van der Waals surface area contributed by atoms with Crippen LogP contribution >= 0.6 is 39.7 Å². The zero-order chi connectivity index (χ0) is 23.5. The molecular formula is C24H24BrClN6S. The van der Waals surface area contributed by atoms with Crippen LogP contribution in [0.15, 0.2) is 59.2 Å². The lowest BCUT2D eigenvalue weighted by atomic mass is 10.1. The van der Waals surface area contributed by atoms with Gasteiger partial charge in [-0.25, -0.2) is 0 Å². The van der Waals surface area contributed by atoms with Gasteiger partial charge >= 0.3 is 0 Å². The summed E-state index contributed by atoms with van der Waals surface area (Å²) in [5.41, 5.74) is 6.40. The average molecular weight is 544 g/mol. The number of benzene rings is 2. The Labute approximate surface area is 212 Å². The highest BCUT2D eigenvalue weighted by Gasteiger charge is 2.15. The minimum absolute atomic E-state index is 0.453. The predicted octanol–water partition coefficient (Wildman–Crippen LogP) is 6.33. The van der Waals surface area contributed by atoms with Crippen molar-refractivity contribution in [3.8, 4) is 0 Å². The summed E-state index contributed by atoms with van der Waals surface area (Å²) in [6, 6.07) is 16.1. The van der Waals surface area contributed by atoms with E-state index in [9.17, 15) is 0 Å². The molecule has 0 aliphatic rings. The minimum Gasteiger partial charge on any atom is -0.329 e. The molecule has 0 fully saturated rings. The van der Waals surface area contributed by atoms with Gasteiger partial charge in [-0.15, -0.1) is 0 Å². The van der Waals surface area contributed by atoms with Crippen LogP contribution in [0, 0.1) is 20.8 Å². The summed E-state index contributed by atoms with van der Waals surface area (Å²) in [7, 11) is 0. The SMILES string of the molecule is Cc1ccccc1Cn1nc(C)c(NC(=S)Nc2nn(Cc3ccc(Cl)cc3)cc2Br)c1C. The van der Waals surface area contributed by atoms with Gasteiger partial charge in [-0.1, -0.05) is 48.0 Å². The summed E-state index contributed by atoms with van der Waals surface area (Å²) in [5, 5.41) is 17.0. The van der Waals surface area contributed by atoms with Crippen LogP contribution in [-0.4, -0.2) is 24.7 Å². The third-order valence-corrected chi connectivity index (χ3v) is 6.44. The second-order valence-corrected chi connectivity index (χ2v) is 9.56. The molecule has 0 aliphatic carbocycles. The summed E-state index contributed by atoms with van der Waals surface area (Å²) in [6.07, 6.45) is 1.91. The third-order valence-electron chi connectivity index (χ3n) is 5.41. The zero-order valence-corrected chi connectivity index (χ0v) is 21.7. The summed E-state index contributed by atoms with van der Waals surface area (Å²) in [6.45, 7) is 7.47. The van der Waals surface area contributed by atoms with Crippen molar-refractivity contribution in [2.24, 2.45) is 0 Å². The van der Waals surface area contributed by atoms with Gasteiger partial charge in [0.2, 0.25) is 0 Å². The van der Waals surface area contributed by atoms with Crippen molar-refractivity contribution >= 4 is 56.4 Å². The number of aryl methyl sites for hydroxylation is 2. The number of aromatic nitrogens is 4. The maximum Gasteiger partial charge on any atom is 0.176 e. The molecule has 0 amide bonds. The molecule has 33 heavy (non-hydrogen) atoms. The number of nitrogens with zero attached hydrogens (tertiary/aromatic N) is 4. The monoisotopic (exact) mass is 542 g/mol. The molecule has 9 heteroatoms. The molecule has 0 spiro atoms. The Morgan fingerprint density at radius 1 is 1.00 bits per heavy atom. The Morgan fingerprint density at radius 2 is 1.73 bits per heavy atom. The Bertz CT molecular complexity index is 1300. The summed E-state index contributed by atoms with van der Waals surface area (Å²) in [4.78, 5) is 0. The molecule has 0 radical (unpaired) electrons. The molecule has 0 atom stereocenters. The first kappa shape index (κ1) is 23.5. The smallest absolute Gasteiger partial charge is 0.176 e. The molecular weight excluding hydrogens is 520 g/mol. The normalized spacial score (nSPS) is 10.9. The average Bonchev–Trinajstić information content (AvgIpc) is 3.24. The van der Waals surface area contributed by atoms with Gasteiger partial charge in [-0.2, -0.15) is 10.2 Å². The molecule has 0 unspecified atom stereocenters. The first-order chi connectivity index (χ1) is 15.8. The van der Waals surface area contributed by atoms with Crippen LogP contribution < -0.4 is 10.6 Å². The molecule has 2 aromatic carbocycles.